The highest BCUT2D eigenvalue weighted by molar-refractivity contribution is 6.17. The molecule has 10 nitrogen and oxygen atoms in total. The molecule has 0 aliphatic rings. The minimum absolute atomic E-state index is 0.139. The largest absolute Gasteiger partial charge is 0.469 e. The van der Waals surface area contributed by atoms with E-state index in [1.165, 1.54) is 7.11 Å². The van der Waals surface area contributed by atoms with E-state index >= 15 is 0 Å². The van der Waals surface area contributed by atoms with Gasteiger partial charge in [0.05, 0.1) is 29.5 Å². The van der Waals surface area contributed by atoms with E-state index in [2.05, 4.69) is 30.7 Å². The van der Waals surface area contributed by atoms with Gasteiger partial charge in [-0.15, -0.1) is 0 Å². The van der Waals surface area contributed by atoms with Gasteiger partial charge in [0.1, 0.15) is 5.92 Å². The molecule has 2 heterocycles. The Bertz CT molecular complexity index is 1750. The summed E-state index contributed by atoms with van der Waals surface area (Å²) in [6.45, 7) is 0. The molecule has 0 saturated heterocycles. The second-order valence-corrected chi connectivity index (χ2v) is 10.8. The minimum atomic E-state index is -1.23. The number of carbonyl (C=O) groups excluding carboxylic acids is 4. The van der Waals surface area contributed by atoms with E-state index in [1.807, 2.05) is 48.5 Å². The van der Waals surface area contributed by atoms with Gasteiger partial charge in [0, 0.05) is 41.7 Å². The van der Waals surface area contributed by atoms with Gasteiger partial charge < -0.3 is 20.7 Å². The Balaban J connectivity index is 1.31. The number of nitrogens with one attached hydrogen (secondary N) is 3. The number of hydrogen-bond acceptors (Lipinski definition) is 7. The number of methoxy groups -OCH3 is 1. The summed E-state index contributed by atoms with van der Waals surface area (Å²) < 4.78 is 4.64. The number of fused-ring (bicyclic) bond motifs is 2. The number of amides is 3. The molecule has 0 unspecified atom stereocenters. The monoisotopic (exact) mass is 617 g/mol. The second kappa shape index (κ2) is 15.4. The molecule has 3 N–H and O–H groups in total. The van der Waals surface area contributed by atoms with E-state index in [-0.39, 0.29) is 11.9 Å². The van der Waals surface area contributed by atoms with Crippen LogP contribution in [0, 0.1) is 0 Å². The molecule has 5 aromatic rings. The van der Waals surface area contributed by atoms with E-state index in [0.717, 1.165) is 30.0 Å². The van der Waals surface area contributed by atoms with Gasteiger partial charge in [0.2, 0.25) is 17.7 Å². The molecule has 0 atom stereocenters. The molecule has 0 radical (unpaired) electrons. The molecule has 10 heteroatoms. The Morgan fingerprint density at radius 3 is 1.70 bits per heavy atom. The van der Waals surface area contributed by atoms with Crippen LogP contribution in [0.1, 0.15) is 50.0 Å². The van der Waals surface area contributed by atoms with E-state index in [9.17, 15) is 19.2 Å². The highest BCUT2D eigenvalue weighted by Crippen LogP contribution is 2.28. The van der Waals surface area contributed by atoms with Crippen molar-refractivity contribution < 1.29 is 23.9 Å². The first-order valence-corrected chi connectivity index (χ1v) is 15.2. The molecular weight excluding hydrogens is 582 g/mol. The first kappa shape index (κ1) is 31.8. The molecule has 0 saturated carbocycles. The van der Waals surface area contributed by atoms with Crippen molar-refractivity contribution >= 4 is 62.6 Å². The second-order valence-electron chi connectivity index (χ2n) is 10.8. The molecule has 5 rings (SSSR count). The Morgan fingerprint density at radius 2 is 1.15 bits per heavy atom. The zero-order valence-electron chi connectivity index (χ0n) is 25.5. The fraction of sp³-hybridized carbons (Fsp3) is 0.222. The standard InChI is InChI=1S/C36H35N5O5/c1-46-31(43)17-5-3-2-4-16-30(42)39-27-20-18-24(19-21-27)32(35(44)40-28-14-6-10-25-12-8-22-37-33(25)28)36(45)41-29-15-7-11-26-13-9-23-38-34(26)29/h6-15,18-23,32H,2-5,16-17H2,1H3,(H,39,42)(H,40,44)(H,41,45). The Kier molecular flexibility index (Phi) is 10.6. The van der Waals surface area contributed by atoms with Crippen LogP contribution in [0.3, 0.4) is 0 Å². The van der Waals surface area contributed by atoms with Crippen LogP contribution < -0.4 is 16.0 Å². The molecule has 2 aromatic heterocycles. The highest BCUT2D eigenvalue weighted by Gasteiger charge is 2.30. The summed E-state index contributed by atoms with van der Waals surface area (Å²) >= 11 is 0. The lowest BCUT2D eigenvalue weighted by Gasteiger charge is -2.19. The summed E-state index contributed by atoms with van der Waals surface area (Å²) in [7, 11) is 1.37. The topological polar surface area (TPSA) is 139 Å². The number of carbonyl (C=O) groups is 4. The number of rotatable bonds is 13. The lowest BCUT2D eigenvalue weighted by molar-refractivity contribution is -0.140. The molecule has 0 aliphatic carbocycles. The number of nitrogens with zero attached hydrogens (tertiary/aromatic N) is 2. The average Bonchev–Trinajstić information content (AvgIpc) is 3.07. The van der Waals surface area contributed by atoms with Crippen LogP contribution in [0.15, 0.2) is 97.3 Å². The number of aromatic nitrogens is 2. The van der Waals surface area contributed by atoms with E-state index in [4.69, 9.17) is 0 Å². The number of esters is 1. The fourth-order valence-corrected chi connectivity index (χ4v) is 5.23. The third kappa shape index (κ3) is 8.09. The molecule has 46 heavy (non-hydrogen) atoms. The molecule has 3 aromatic carbocycles. The van der Waals surface area contributed by atoms with Crippen molar-refractivity contribution in [1.29, 1.82) is 0 Å². The van der Waals surface area contributed by atoms with Crippen molar-refractivity contribution in [3.05, 3.63) is 103 Å². The van der Waals surface area contributed by atoms with Crippen LogP contribution in [0.2, 0.25) is 0 Å². The average molecular weight is 618 g/mol. The summed E-state index contributed by atoms with van der Waals surface area (Å²) in [5, 5.41) is 10.4. The summed E-state index contributed by atoms with van der Waals surface area (Å²) in [6.07, 6.45) is 7.10. The maximum Gasteiger partial charge on any atom is 0.305 e. The predicted molar refractivity (Wildman–Crippen MR) is 178 cm³/mol. The molecule has 234 valence electrons. The molecule has 0 bridgehead atoms. The number of benzene rings is 3. The molecule has 0 aliphatic heterocycles. The van der Waals surface area contributed by atoms with Crippen LogP contribution in [-0.4, -0.2) is 40.8 Å². The van der Waals surface area contributed by atoms with Crippen LogP contribution in [0.5, 0.6) is 0 Å². The minimum Gasteiger partial charge on any atom is -0.469 e. The Labute approximate surface area is 266 Å². The number of hydrogen-bond donors (Lipinski definition) is 3. The van der Waals surface area contributed by atoms with Crippen molar-refractivity contribution in [3.63, 3.8) is 0 Å². The van der Waals surface area contributed by atoms with Gasteiger partial charge in [0.15, 0.2) is 0 Å². The fourth-order valence-electron chi connectivity index (χ4n) is 5.23. The maximum absolute atomic E-state index is 13.9. The summed E-state index contributed by atoms with van der Waals surface area (Å²) in [5.41, 5.74) is 3.19. The van der Waals surface area contributed by atoms with Crippen LogP contribution in [0.25, 0.3) is 21.8 Å². The SMILES string of the molecule is COC(=O)CCCCCCC(=O)Nc1ccc(C(C(=O)Nc2cccc3cccnc23)C(=O)Nc2cccc3cccnc23)cc1. The summed E-state index contributed by atoms with van der Waals surface area (Å²) in [4.78, 5) is 60.3. The van der Waals surface area contributed by atoms with Gasteiger partial charge in [-0.1, -0.05) is 61.4 Å². The number of unbranched alkanes of at least 4 members (excludes halogenated alkanes) is 3. The van der Waals surface area contributed by atoms with E-state index in [1.54, 1.807) is 48.8 Å². The van der Waals surface area contributed by atoms with Gasteiger partial charge in [-0.2, -0.15) is 0 Å². The third-order valence-corrected chi connectivity index (χ3v) is 7.60. The molecule has 0 fully saturated rings. The zero-order chi connectivity index (χ0) is 32.3. The number of ether oxygens (including phenoxy) is 1. The molecule has 3 amide bonds. The van der Waals surface area contributed by atoms with Crippen LogP contribution in [0.4, 0.5) is 17.1 Å². The van der Waals surface area contributed by atoms with Crippen molar-refractivity contribution in [2.24, 2.45) is 0 Å². The zero-order valence-corrected chi connectivity index (χ0v) is 25.5. The predicted octanol–water partition coefficient (Wildman–Crippen LogP) is 6.60. The quantitative estimate of drug-likeness (QED) is 0.0769. The van der Waals surface area contributed by atoms with Crippen molar-refractivity contribution in [2.45, 2.75) is 44.4 Å². The van der Waals surface area contributed by atoms with E-state index in [0.29, 0.717) is 52.9 Å². The van der Waals surface area contributed by atoms with Crippen LogP contribution >= 0.6 is 0 Å². The highest BCUT2D eigenvalue weighted by atomic mass is 16.5. The van der Waals surface area contributed by atoms with Gasteiger partial charge in [-0.05, 0) is 54.8 Å². The van der Waals surface area contributed by atoms with Gasteiger partial charge in [0.25, 0.3) is 0 Å². The first-order chi connectivity index (χ1) is 22.4. The Morgan fingerprint density at radius 1 is 0.630 bits per heavy atom. The lowest BCUT2D eigenvalue weighted by Crippen LogP contribution is -2.32. The van der Waals surface area contributed by atoms with Crippen molar-refractivity contribution in [2.75, 3.05) is 23.1 Å². The number of anilines is 3. The van der Waals surface area contributed by atoms with Gasteiger partial charge in [-0.3, -0.25) is 29.1 Å². The van der Waals surface area contributed by atoms with Crippen LogP contribution in [-0.2, 0) is 23.9 Å². The normalized spacial score (nSPS) is 10.9. The summed E-state index contributed by atoms with van der Waals surface area (Å²) in [5.74, 6) is -2.66. The first-order valence-electron chi connectivity index (χ1n) is 15.2. The maximum atomic E-state index is 13.9. The van der Waals surface area contributed by atoms with Crippen molar-refractivity contribution in [3.8, 4) is 0 Å². The Hall–Kier alpha value is -5.64. The van der Waals surface area contributed by atoms with Crippen molar-refractivity contribution in [1.82, 2.24) is 9.97 Å². The molecule has 0 spiro atoms. The lowest BCUT2D eigenvalue weighted by atomic mass is 9.96. The third-order valence-electron chi connectivity index (χ3n) is 7.60. The number of pyridine rings is 2. The molecular formula is C36H35N5O5. The summed E-state index contributed by atoms with van der Waals surface area (Å²) in [6, 6.07) is 25.0. The van der Waals surface area contributed by atoms with Gasteiger partial charge in [-0.25, -0.2) is 0 Å². The van der Waals surface area contributed by atoms with E-state index < -0.39 is 17.7 Å². The number of para-hydroxylation sites is 2. The van der Waals surface area contributed by atoms with Gasteiger partial charge >= 0.3 is 5.97 Å². The smallest absolute Gasteiger partial charge is 0.305 e.